The van der Waals surface area contributed by atoms with Crippen LogP contribution < -0.4 is 5.32 Å². The first-order valence-corrected chi connectivity index (χ1v) is 7.47. The molecule has 0 aromatic heterocycles. The maximum Gasteiger partial charge on any atom is 0.317 e. The number of carbonyl (C=O) groups is 2. The van der Waals surface area contributed by atoms with E-state index >= 15 is 0 Å². The molecule has 2 amide bonds. The van der Waals surface area contributed by atoms with E-state index in [4.69, 9.17) is 0 Å². The molecule has 2 atom stereocenters. The Labute approximate surface area is 128 Å². The zero-order valence-electron chi connectivity index (χ0n) is 12.5. The van der Waals surface area contributed by atoms with Gasteiger partial charge in [0.25, 0.3) is 0 Å². The van der Waals surface area contributed by atoms with Crippen LogP contribution in [0, 0.1) is 5.41 Å². The number of aliphatic carboxylic acids is 1. The third-order valence-corrected chi connectivity index (χ3v) is 4.77. The van der Waals surface area contributed by atoms with Crippen LogP contribution >= 0.6 is 0 Å². The molecule has 22 heavy (non-hydrogen) atoms. The first-order valence-electron chi connectivity index (χ1n) is 7.47. The van der Waals surface area contributed by atoms with Crippen LogP contribution in [-0.2, 0) is 17.6 Å². The fourth-order valence-corrected chi connectivity index (χ4v) is 3.31. The number of aromatic hydroxyl groups is 1. The number of rotatable bonds is 2. The first kappa shape index (κ1) is 14.7. The van der Waals surface area contributed by atoms with E-state index in [9.17, 15) is 19.8 Å². The van der Waals surface area contributed by atoms with Crippen molar-refractivity contribution in [1.82, 2.24) is 10.2 Å². The van der Waals surface area contributed by atoms with E-state index in [0.717, 1.165) is 11.1 Å². The van der Waals surface area contributed by atoms with Gasteiger partial charge in [0.1, 0.15) is 5.75 Å². The highest BCUT2D eigenvalue weighted by Gasteiger charge is 2.42. The highest BCUT2D eigenvalue weighted by molar-refractivity contribution is 5.79. The monoisotopic (exact) mass is 304 g/mol. The number of amides is 2. The lowest BCUT2D eigenvalue weighted by atomic mass is 9.90. The van der Waals surface area contributed by atoms with Gasteiger partial charge in [-0.25, -0.2) is 4.79 Å². The highest BCUT2D eigenvalue weighted by Crippen LogP contribution is 2.32. The average molecular weight is 304 g/mol. The molecule has 3 N–H and O–H groups in total. The van der Waals surface area contributed by atoms with Crippen molar-refractivity contribution in [2.75, 3.05) is 13.1 Å². The quantitative estimate of drug-likeness (QED) is 0.769. The Kier molecular flexibility index (Phi) is 3.47. The van der Waals surface area contributed by atoms with Crippen LogP contribution in [-0.4, -0.2) is 46.2 Å². The van der Waals surface area contributed by atoms with E-state index in [-0.39, 0.29) is 24.4 Å². The number of hydrogen-bond donors (Lipinski definition) is 3. The number of nitrogens with one attached hydrogen (secondary N) is 1. The number of benzene rings is 1. The molecule has 0 saturated carbocycles. The Morgan fingerprint density at radius 1 is 1.36 bits per heavy atom. The second-order valence-electron chi connectivity index (χ2n) is 6.51. The van der Waals surface area contributed by atoms with E-state index in [0.29, 0.717) is 25.8 Å². The Balaban J connectivity index is 1.61. The molecule has 6 nitrogen and oxygen atoms in total. The maximum absolute atomic E-state index is 12.3. The summed E-state index contributed by atoms with van der Waals surface area (Å²) in [5.74, 6) is -0.588. The van der Waals surface area contributed by atoms with Crippen molar-refractivity contribution in [2.24, 2.45) is 5.41 Å². The number of hydrogen-bond acceptors (Lipinski definition) is 3. The van der Waals surface area contributed by atoms with Gasteiger partial charge in [0.15, 0.2) is 0 Å². The fraction of sp³-hybridized carbons (Fsp3) is 0.500. The predicted octanol–water partition coefficient (Wildman–Crippen LogP) is 1.37. The molecule has 1 aliphatic carbocycles. The van der Waals surface area contributed by atoms with E-state index < -0.39 is 11.4 Å². The zero-order valence-corrected chi connectivity index (χ0v) is 12.5. The maximum atomic E-state index is 12.3. The average Bonchev–Trinajstić information content (AvgIpc) is 3.04. The van der Waals surface area contributed by atoms with Gasteiger partial charge in [-0.05, 0) is 43.4 Å². The molecule has 0 bridgehead atoms. The largest absolute Gasteiger partial charge is 0.508 e. The molecule has 118 valence electrons. The fourth-order valence-electron chi connectivity index (χ4n) is 3.31. The summed E-state index contributed by atoms with van der Waals surface area (Å²) in [5, 5.41) is 22.0. The van der Waals surface area contributed by atoms with Gasteiger partial charge in [0.05, 0.1) is 5.41 Å². The van der Waals surface area contributed by atoms with Gasteiger partial charge in [0, 0.05) is 19.1 Å². The third kappa shape index (κ3) is 2.49. The third-order valence-electron chi connectivity index (χ3n) is 4.77. The lowest BCUT2D eigenvalue weighted by molar-refractivity contribution is -0.146. The molecule has 1 aromatic rings. The van der Waals surface area contributed by atoms with Crippen molar-refractivity contribution < 1.29 is 19.8 Å². The standard InChI is InChI=1S/C16H20N2O4/c1-16(14(20)21)5-6-18(9-16)15(22)17-11-7-10-3-2-4-13(19)12(10)8-11/h2-4,11,19H,5-9H2,1H3,(H,17,22)(H,20,21). The van der Waals surface area contributed by atoms with Gasteiger partial charge < -0.3 is 20.4 Å². The van der Waals surface area contributed by atoms with E-state index in [1.54, 1.807) is 24.0 Å². The summed E-state index contributed by atoms with van der Waals surface area (Å²) in [6.07, 6.45) is 1.78. The summed E-state index contributed by atoms with van der Waals surface area (Å²) < 4.78 is 0. The van der Waals surface area contributed by atoms with E-state index in [2.05, 4.69) is 5.32 Å². The van der Waals surface area contributed by atoms with Crippen molar-refractivity contribution in [3.8, 4) is 5.75 Å². The summed E-state index contributed by atoms with van der Waals surface area (Å²) in [5.41, 5.74) is 1.10. The number of carboxylic acids is 1. The van der Waals surface area contributed by atoms with Crippen LogP contribution in [0.1, 0.15) is 24.5 Å². The van der Waals surface area contributed by atoms with Crippen molar-refractivity contribution in [3.05, 3.63) is 29.3 Å². The zero-order chi connectivity index (χ0) is 15.9. The van der Waals surface area contributed by atoms with Crippen molar-refractivity contribution in [3.63, 3.8) is 0 Å². The minimum atomic E-state index is -0.860. The van der Waals surface area contributed by atoms with Gasteiger partial charge in [-0.3, -0.25) is 4.79 Å². The van der Waals surface area contributed by atoms with Crippen molar-refractivity contribution >= 4 is 12.0 Å². The summed E-state index contributed by atoms with van der Waals surface area (Å²) >= 11 is 0. The molecule has 2 unspecified atom stereocenters. The summed E-state index contributed by atoms with van der Waals surface area (Å²) in [4.78, 5) is 25.1. The van der Waals surface area contributed by atoms with Crippen LogP contribution in [0.2, 0.25) is 0 Å². The van der Waals surface area contributed by atoms with Crippen LogP contribution in [0.25, 0.3) is 0 Å². The second kappa shape index (κ2) is 5.19. The molecular formula is C16H20N2O4. The van der Waals surface area contributed by atoms with Crippen LogP contribution in [0.15, 0.2) is 18.2 Å². The lowest BCUT2D eigenvalue weighted by Crippen LogP contribution is -2.45. The molecule has 3 rings (SSSR count). The van der Waals surface area contributed by atoms with Gasteiger partial charge in [-0.1, -0.05) is 12.1 Å². The van der Waals surface area contributed by atoms with Gasteiger partial charge in [-0.15, -0.1) is 0 Å². The van der Waals surface area contributed by atoms with Gasteiger partial charge in [0.2, 0.25) is 0 Å². The van der Waals surface area contributed by atoms with Crippen molar-refractivity contribution in [1.29, 1.82) is 0 Å². The molecule has 0 radical (unpaired) electrons. The number of nitrogens with zero attached hydrogens (tertiary/aromatic N) is 1. The number of urea groups is 1. The molecule has 1 aromatic carbocycles. The number of carbonyl (C=O) groups excluding carboxylic acids is 1. The summed E-state index contributed by atoms with van der Waals surface area (Å²) in [6.45, 7) is 2.37. The molecule has 0 spiro atoms. The molecule has 1 aliphatic heterocycles. The van der Waals surface area contributed by atoms with Gasteiger partial charge >= 0.3 is 12.0 Å². The van der Waals surface area contributed by atoms with Crippen LogP contribution in [0.4, 0.5) is 4.79 Å². The predicted molar refractivity (Wildman–Crippen MR) is 79.8 cm³/mol. The Morgan fingerprint density at radius 3 is 2.77 bits per heavy atom. The normalized spacial score (nSPS) is 26.8. The Morgan fingerprint density at radius 2 is 2.14 bits per heavy atom. The van der Waals surface area contributed by atoms with Gasteiger partial charge in [-0.2, -0.15) is 0 Å². The minimum absolute atomic E-state index is 0.0486. The lowest BCUT2D eigenvalue weighted by Gasteiger charge is -2.22. The number of phenolic OH excluding ortho intramolecular Hbond substituents is 1. The van der Waals surface area contributed by atoms with E-state index in [1.807, 2.05) is 6.07 Å². The molecule has 2 aliphatic rings. The molecular weight excluding hydrogens is 284 g/mol. The molecule has 6 heteroatoms. The SMILES string of the molecule is CC1(C(=O)O)CCN(C(=O)NC2Cc3cccc(O)c3C2)C1. The summed E-state index contributed by atoms with van der Waals surface area (Å²) in [6, 6.07) is 5.15. The topological polar surface area (TPSA) is 89.9 Å². The second-order valence-corrected chi connectivity index (χ2v) is 6.51. The van der Waals surface area contributed by atoms with E-state index in [1.165, 1.54) is 0 Å². The molecule has 1 saturated heterocycles. The highest BCUT2D eigenvalue weighted by atomic mass is 16.4. The number of fused-ring (bicyclic) bond motifs is 1. The number of phenols is 1. The Hall–Kier alpha value is -2.24. The Bertz CT molecular complexity index is 631. The van der Waals surface area contributed by atoms with Crippen LogP contribution in [0.5, 0.6) is 5.75 Å². The molecule has 1 heterocycles. The van der Waals surface area contributed by atoms with Crippen molar-refractivity contribution in [2.45, 2.75) is 32.2 Å². The first-order chi connectivity index (χ1) is 10.4. The number of carboxylic acid groups (broad SMARTS) is 1. The smallest absolute Gasteiger partial charge is 0.317 e. The minimum Gasteiger partial charge on any atom is -0.508 e. The molecule has 1 fully saturated rings. The number of likely N-dealkylation sites (tertiary alicyclic amines) is 1. The van der Waals surface area contributed by atoms with Crippen LogP contribution in [0.3, 0.4) is 0 Å². The summed E-state index contributed by atoms with van der Waals surface area (Å²) in [7, 11) is 0.